The highest BCUT2D eigenvalue weighted by molar-refractivity contribution is 7.99. The summed E-state index contributed by atoms with van der Waals surface area (Å²) in [7, 11) is -2.43. The summed E-state index contributed by atoms with van der Waals surface area (Å²) >= 11 is 1.12. The van der Waals surface area contributed by atoms with E-state index in [1.165, 1.54) is 19.2 Å². The molecule has 0 unspecified atom stereocenters. The van der Waals surface area contributed by atoms with Gasteiger partial charge in [0.1, 0.15) is 11.3 Å². The minimum absolute atomic E-state index is 0.0241. The number of hydrogen-bond donors (Lipinski definition) is 2. The van der Waals surface area contributed by atoms with E-state index in [-0.39, 0.29) is 21.8 Å². The summed E-state index contributed by atoms with van der Waals surface area (Å²) in [5.74, 6) is 0.253. The highest BCUT2D eigenvalue weighted by Crippen LogP contribution is 2.30. The van der Waals surface area contributed by atoms with Gasteiger partial charge in [0.2, 0.25) is 5.91 Å². The smallest absolute Gasteiger partial charge is 0.262 e. The zero-order valence-corrected chi connectivity index (χ0v) is 21.9. The predicted octanol–water partition coefficient (Wildman–Crippen LogP) is 6.04. The fraction of sp³-hybridized carbons (Fsp3) is 0.0714. The Bertz CT molecular complexity index is 1700. The van der Waals surface area contributed by atoms with Gasteiger partial charge in [-0.2, -0.15) is 0 Å². The first kappa shape index (κ1) is 25.4. The van der Waals surface area contributed by atoms with E-state index in [0.717, 1.165) is 22.9 Å². The lowest BCUT2D eigenvalue weighted by Gasteiger charge is -2.11. The third-order valence-electron chi connectivity index (χ3n) is 5.61. The number of ether oxygens (including phenoxy) is 1. The van der Waals surface area contributed by atoms with E-state index < -0.39 is 10.0 Å². The highest BCUT2D eigenvalue weighted by Gasteiger charge is 2.19. The lowest BCUT2D eigenvalue weighted by atomic mass is 10.0. The quantitative estimate of drug-likeness (QED) is 0.217. The number of para-hydroxylation sites is 3. The molecule has 0 aliphatic rings. The fourth-order valence-electron chi connectivity index (χ4n) is 3.82. The molecule has 1 aromatic heterocycles. The molecule has 0 fully saturated rings. The van der Waals surface area contributed by atoms with Crippen molar-refractivity contribution in [1.29, 1.82) is 0 Å². The van der Waals surface area contributed by atoms with Gasteiger partial charge in [-0.1, -0.05) is 72.4 Å². The number of carbonyl (C=O) groups is 1. The molecule has 10 heteroatoms. The molecule has 5 rings (SSSR count). The zero-order valence-electron chi connectivity index (χ0n) is 20.2. The molecule has 0 bridgehead atoms. The average Bonchev–Trinajstić information content (AvgIpc) is 3.35. The van der Waals surface area contributed by atoms with E-state index in [0.29, 0.717) is 28.2 Å². The average molecular weight is 546 g/mol. The summed E-state index contributed by atoms with van der Waals surface area (Å²) in [5.41, 5.74) is 3.74. The Balaban J connectivity index is 1.27. The summed E-state index contributed by atoms with van der Waals surface area (Å²) in [6.45, 7) is 0. The number of amides is 1. The molecule has 5 aromatic rings. The number of nitrogens with zero attached hydrogens (tertiary/aromatic N) is 1. The monoisotopic (exact) mass is 545 g/mol. The predicted molar refractivity (Wildman–Crippen MR) is 149 cm³/mol. The first-order chi connectivity index (χ1) is 18.4. The second-order valence-corrected chi connectivity index (χ2v) is 10.8. The summed E-state index contributed by atoms with van der Waals surface area (Å²) < 4.78 is 39.4. The van der Waals surface area contributed by atoms with Crippen LogP contribution in [-0.4, -0.2) is 32.2 Å². The van der Waals surface area contributed by atoms with Crippen LogP contribution in [0.5, 0.6) is 5.75 Å². The van der Waals surface area contributed by atoms with Gasteiger partial charge in [-0.3, -0.25) is 9.52 Å². The Morgan fingerprint density at radius 3 is 2.42 bits per heavy atom. The van der Waals surface area contributed by atoms with E-state index in [4.69, 9.17) is 9.15 Å². The number of methoxy groups -OCH3 is 1. The molecule has 0 spiro atoms. The summed E-state index contributed by atoms with van der Waals surface area (Å²) in [5, 5.41) is 3.21. The summed E-state index contributed by atoms with van der Waals surface area (Å²) in [4.78, 5) is 17.1. The van der Waals surface area contributed by atoms with Crippen molar-refractivity contribution in [2.24, 2.45) is 0 Å². The molecule has 4 aromatic carbocycles. The van der Waals surface area contributed by atoms with Crippen molar-refractivity contribution < 1.29 is 22.4 Å². The third-order valence-corrected chi connectivity index (χ3v) is 7.80. The molecule has 192 valence electrons. The molecule has 38 heavy (non-hydrogen) atoms. The van der Waals surface area contributed by atoms with Crippen LogP contribution in [0.3, 0.4) is 0 Å². The number of nitrogens with one attached hydrogen (secondary N) is 2. The third kappa shape index (κ3) is 5.66. The van der Waals surface area contributed by atoms with Crippen LogP contribution in [0.4, 0.5) is 11.4 Å². The topological polar surface area (TPSA) is 111 Å². The molecule has 0 aliphatic carbocycles. The summed E-state index contributed by atoms with van der Waals surface area (Å²) in [6.07, 6.45) is 0. The molecule has 0 aliphatic heterocycles. The van der Waals surface area contributed by atoms with Crippen molar-refractivity contribution in [3.63, 3.8) is 0 Å². The first-order valence-electron chi connectivity index (χ1n) is 11.6. The van der Waals surface area contributed by atoms with Gasteiger partial charge in [-0.15, -0.1) is 0 Å². The zero-order chi connectivity index (χ0) is 26.5. The van der Waals surface area contributed by atoms with Gasteiger partial charge in [-0.05, 0) is 42.0 Å². The molecule has 0 atom stereocenters. The summed E-state index contributed by atoms with van der Waals surface area (Å²) in [6, 6.07) is 28.5. The lowest BCUT2D eigenvalue weighted by molar-refractivity contribution is -0.113. The number of thioether (sulfide) groups is 1. The number of aromatic nitrogens is 1. The van der Waals surface area contributed by atoms with E-state index in [2.05, 4.69) is 15.0 Å². The molecule has 0 saturated carbocycles. The van der Waals surface area contributed by atoms with Crippen LogP contribution in [-0.2, 0) is 14.8 Å². The molecule has 1 heterocycles. The normalized spacial score (nSPS) is 11.3. The largest absolute Gasteiger partial charge is 0.495 e. The van der Waals surface area contributed by atoms with Crippen molar-refractivity contribution in [3.05, 3.63) is 97.1 Å². The number of benzene rings is 4. The van der Waals surface area contributed by atoms with Gasteiger partial charge >= 0.3 is 0 Å². The minimum atomic E-state index is -3.90. The van der Waals surface area contributed by atoms with Gasteiger partial charge in [0, 0.05) is 11.3 Å². The van der Waals surface area contributed by atoms with Crippen LogP contribution in [0.15, 0.2) is 112 Å². The van der Waals surface area contributed by atoms with E-state index in [1.54, 1.807) is 30.3 Å². The second-order valence-electron chi connectivity index (χ2n) is 8.16. The SMILES string of the molecule is COc1ccccc1NS(=O)(=O)c1ccc2oc(SCC(=O)Nc3ccccc3-c3ccccc3)nc2c1. The van der Waals surface area contributed by atoms with E-state index >= 15 is 0 Å². The van der Waals surface area contributed by atoms with Gasteiger partial charge in [0.15, 0.2) is 5.58 Å². The molecule has 0 saturated heterocycles. The Kier molecular flexibility index (Phi) is 7.34. The minimum Gasteiger partial charge on any atom is -0.495 e. The van der Waals surface area contributed by atoms with Crippen LogP contribution in [0.1, 0.15) is 0 Å². The first-order valence-corrected chi connectivity index (χ1v) is 14.0. The van der Waals surface area contributed by atoms with Crippen molar-refractivity contribution in [2.45, 2.75) is 10.1 Å². The molecule has 1 amide bonds. The number of fused-ring (bicyclic) bond motifs is 1. The van der Waals surface area contributed by atoms with Crippen LogP contribution in [0.25, 0.3) is 22.2 Å². The van der Waals surface area contributed by atoms with Gasteiger partial charge < -0.3 is 14.5 Å². The maximum atomic E-state index is 13.0. The Morgan fingerprint density at radius 1 is 0.921 bits per heavy atom. The van der Waals surface area contributed by atoms with Crippen LogP contribution < -0.4 is 14.8 Å². The van der Waals surface area contributed by atoms with Gasteiger partial charge in [0.25, 0.3) is 15.2 Å². The van der Waals surface area contributed by atoms with E-state index in [9.17, 15) is 13.2 Å². The standard InChI is InChI=1S/C28H23N3O5S2/c1-35-25-14-8-7-13-23(25)31-38(33,34)20-15-16-26-24(17-20)30-28(36-26)37-18-27(32)29-22-12-6-5-11-21(22)19-9-3-2-4-10-19/h2-17,31H,18H2,1H3,(H,29,32). The molecule has 2 N–H and O–H groups in total. The van der Waals surface area contributed by atoms with Crippen molar-refractivity contribution >= 4 is 50.2 Å². The van der Waals surface area contributed by atoms with Crippen LogP contribution >= 0.6 is 11.8 Å². The van der Waals surface area contributed by atoms with E-state index in [1.807, 2.05) is 54.6 Å². The number of sulfonamides is 1. The Morgan fingerprint density at radius 2 is 1.63 bits per heavy atom. The number of anilines is 2. The van der Waals surface area contributed by atoms with Crippen molar-refractivity contribution in [1.82, 2.24) is 4.98 Å². The Labute approximate surface area is 224 Å². The Hall–Kier alpha value is -4.28. The molecule has 8 nitrogen and oxygen atoms in total. The number of rotatable bonds is 9. The number of hydrogen-bond acceptors (Lipinski definition) is 7. The van der Waals surface area contributed by atoms with Crippen LogP contribution in [0, 0.1) is 0 Å². The maximum Gasteiger partial charge on any atom is 0.262 e. The number of carbonyl (C=O) groups excluding carboxylic acids is 1. The molecular weight excluding hydrogens is 522 g/mol. The molecule has 0 radical (unpaired) electrons. The van der Waals surface area contributed by atoms with Gasteiger partial charge in [-0.25, -0.2) is 13.4 Å². The van der Waals surface area contributed by atoms with Crippen molar-refractivity contribution in [3.8, 4) is 16.9 Å². The highest BCUT2D eigenvalue weighted by atomic mass is 32.2. The maximum absolute atomic E-state index is 13.0. The van der Waals surface area contributed by atoms with Crippen LogP contribution in [0.2, 0.25) is 0 Å². The fourth-order valence-corrected chi connectivity index (χ4v) is 5.55. The van der Waals surface area contributed by atoms with Gasteiger partial charge in [0.05, 0.1) is 23.4 Å². The van der Waals surface area contributed by atoms with Crippen molar-refractivity contribution in [2.75, 3.05) is 22.9 Å². The number of oxazole rings is 1. The lowest BCUT2D eigenvalue weighted by Crippen LogP contribution is -2.14. The molecular formula is C28H23N3O5S2. The second kappa shape index (κ2) is 11.0.